The Bertz CT molecular complexity index is 1010. The van der Waals surface area contributed by atoms with E-state index in [1.165, 1.54) is 24.3 Å². The lowest BCUT2D eigenvalue weighted by molar-refractivity contribution is 0.564. The van der Waals surface area contributed by atoms with Crippen molar-refractivity contribution < 1.29 is 12.8 Å². The molecule has 130 valence electrons. The lowest BCUT2D eigenvalue weighted by Gasteiger charge is -2.10. The quantitative estimate of drug-likeness (QED) is 0.647. The third-order valence-corrected chi connectivity index (χ3v) is 5.72. The van der Waals surface area contributed by atoms with Crippen molar-refractivity contribution in [3.8, 4) is 11.5 Å². The molecule has 5 nitrogen and oxygen atoms in total. The Morgan fingerprint density at radius 1 is 1.00 bits per heavy atom. The van der Waals surface area contributed by atoms with Gasteiger partial charge in [0, 0.05) is 19.1 Å². The van der Waals surface area contributed by atoms with Crippen molar-refractivity contribution in [3.05, 3.63) is 58.6 Å². The highest BCUT2D eigenvalue weighted by Crippen LogP contribution is 2.36. The van der Waals surface area contributed by atoms with Crippen molar-refractivity contribution in [2.75, 3.05) is 19.0 Å². The standard InChI is InChI=1S/C17H14Cl2N2O3S/c1-21(2)17-16(25(22,23)12-9-7-11(18)8-10-12)20-15(24-17)13-5-3-4-6-14(13)19/h3-10H,1-2H3. The molecule has 0 unspecified atom stereocenters. The molecule has 0 atom stereocenters. The molecule has 3 aromatic rings. The molecule has 8 heteroatoms. The fraction of sp³-hybridized carbons (Fsp3) is 0.118. The fourth-order valence-corrected chi connectivity index (χ4v) is 3.95. The van der Waals surface area contributed by atoms with Gasteiger partial charge in [0.25, 0.3) is 0 Å². The first-order valence-electron chi connectivity index (χ1n) is 7.24. The minimum Gasteiger partial charge on any atom is -0.419 e. The Labute approximate surface area is 155 Å². The zero-order valence-corrected chi connectivity index (χ0v) is 15.7. The summed E-state index contributed by atoms with van der Waals surface area (Å²) >= 11 is 12.0. The molecule has 1 aromatic heterocycles. The Hall–Kier alpha value is -2.02. The molecule has 1 heterocycles. The number of nitrogens with zero attached hydrogens (tertiary/aromatic N) is 2. The van der Waals surface area contributed by atoms with Crippen molar-refractivity contribution in [1.82, 2.24) is 4.98 Å². The lowest BCUT2D eigenvalue weighted by atomic mass is 10.2. The first-order valence-corrected chi connectivity index (χ1v) is 9.48. The summed E-state index contributed by atoms with van der Waals surface area (Å²) in [7, 11) is -0.523. The highest BCUT2D eigenvalue weighted by molar-refractivity contribution is 7.91. The molecule has 0 aliphatic carbocycles. The lowest BCUT2D eigenvalue weighted by Crippen LogP contribution is -2.13. The van der Waals surface area contributed by atoms with E-state index < -0.39 is 9.84 Å². The van der Waals surface area contributed by atoms with Gasteiger partial charge in [-0.1, -0.05) is 35.3 Å². The first-order chi connectivity index (χ1) is 11.8. The summed E-state index contributed by atoms with van der Waals surface area (Å²) in [6.45, 7) is 0. The normalized spacial score (nSPS) is 11.5. The van der Waals surface area contributed by atoms with E-state index in [2.05, 4.69) is 4.98 Å². The zero-order valence-electron chi connectivity index (χ0n) is 13.4. The van der Waals surface area contributed by atoms with E-state index in [0.29, 0.717) is 15.6 Å². The Morgan fingerprint density at radius 3 is 2.24 bits per heavy atom. The third-order valence-electron chi connectivity index (χ3n) is 3.47. The summed E-state index contributed by atoms with van der Waals surface area (Å²) < 4.78 is 31.6. The van der Waals surface area contributed by atoms with Gasteiger partial charge in [-0.15, -0.1) is 0 Å². The topological polar surface area (TPSA) is 63.4 Å². The van der Waals surface area contributed by atoms with E-state index in [-0.39, 0.29) is 21.7 Å². The van der Waals surface area contributed by atoms with Crippen LogP contribution in [0, 0.1) is 0 Å². The molecule has 0 radical (unpaired) electrons. The molecule has 0 N–H and O–H groups in total. The Morgan fingerprint density at radius 2 is 1.64 bits per heavy atom. The summed E-state index contributed by atoms with van der Waals surface area (Å²) in [6, 6.07) is 12.8. The van der Waals surface area contributed by atoms with Gasteiger partial charge >= 0.3 is 0 Å². The minimum atomic E-state index is -3.88. The molecular weight excluding hydrogens is 383 g/mol. The molecule has 0 aliphatic rings. The number of anilines is 1. The maximum atomic E-state index is 13.0. The number of aromatic nitrogens is 1. The van der Waals surface area contributed by atoms with E-state index in [4.69, 9.17) is 27.6 Å². The minimum absolute atomic E-state index is 0.0824. The summed E-state index contributed by atoms with van der Waals surface area (Å²) in [5.74, 6) is 0.270. The highest BCUT2D eigenvalue weighted by Gasteiger charge is 2.30. The number of benzene rings is 2. The van der Waals surface area contributed by atoms with Crippen LogP contribution in [-0.2, 0) is 9.84 Å². The first kappa shape index (κ1) is 17.8. The van der Waals surface area contributed by atoms with Crippen molar-refractivity contribution in [1.29, 1.82) is 0 Å². The van der Waals surface area contributed by atoms with Crippen molar-refractivity contribution in [2.24, 2.45) is 0 Å². The predicted octanol–water partition coefficient (Wildman–Crippen LogP) is 4.55. The molecule has 0 amide bonds. The van der Waals surface area contributed by atoms with Gasteiger partial charge in [0.05, 0.1) is 15.5 Å². The summed E-state index contributed by atoms with van der Waals surface area (Å²) in [5, 5.41) is 0.697. The Balaban J connectivity index is 2.19. The molecule has 0 aliphatic heterocycles. The Kier molecular flexibility index (Phi) is 4.77. The van der Waals surface area contributed by atoms with Crippen LogP contribution in [0.15, 0.2) is 62.9 Å². The van der Waals surface area contributed by atoms with Crippen LogP contribution >= 0.6 is 23.2 Å². The number of rotatable bonds is 4. The third kappa shape index (κ3) is 3.38. The number of oxazole rings is 1. The molecule has 3 rings (SSSR count). The number of hydrogen-bond donors (Lipinski definition) is 0. The van der Waals surface area contributed by atoms with Crippen molar-refractivity contribution in [2.45, 2.75) is 9.92 Å². The second-order valence-electron chi connectivity index (χ2n) is 5.46. The predicted molar refractivity (Wildman–Crippen MR) is 98.2 cm³/mol. The van der Waals surface area contributed by atoms with Crippen LogP contribution in [0.5, 0.6) is 0 Å². The molecule has 25 heavy (non-hydrogen) atoms. The molecule has 2 aromatic carbocycles. The zero-order chi connectivity index (χ0) is 18.2. The number of sulfone groups is 1. The molecule has 0 fully saturated rings. The highest BCUT2D eigenvalue weighted by atomic mass is 35.5. The average molecular weight is 397 g/mol. The average Bonchev–Trinajstić information content (AvgIpc) is 3.02. The summed E-state index contributed by atoms with van der Waals surface area (Å²) in [6.07, 6.45) is 0. The van der Waals surface area contributed by atoms with Gasteiger partial charge in [0.15, 0.2) is 0 Å². The van der Waals surface area contributed by atoms with E-state index in [1.54, 1.807) is 43.3 Å². The van der Waals surface area contributed by atoms with Crippen LogP contribution in [0.1, 0.15) is 0 Å². The number of halogens is 2. The van der Waals surface area contributed by atoms with Gasteiger partial charge in [0.1, 0.15) is 0 Å². The monoisotopic (exact) mass is 396 g/mol. The van der Waals surface area contributed by atoms with Crippen molar-refractivity contribution in [3.63, 3.8) is 0 Å². The van der Waals surface area contributed by atoms with Crippen LogP contribution in [-0.4, -0.2) is 27.5 Å². The van der Waals surface area contributed by atoms with Crippen LogP contribution in [0.2, 0.25) is 10.0 Å². The van der Waals surface area contributed by atoms with Crippen LogP contribution in [0.25, 0.3) is 11.5 Å². The van der Waals surface area contributed by atoms with Gasteiger partial charge in [-0.3, -0.25) is 0 Å². The SMILES string of the molecule is CN(C)c1oc(-c2ccccc2Cl)nc1S(=O)(=O)c1ccc(Cl)cc1. The van der Waals surface area contributed by atoms with E-state index in [1.807, 2.05) is 0 Å². The van der Waals surface area contributed by atoms with Crippen LogP contribution in [0.4, 0.5) is 5.88 Å². The fourth-order valence-electron chi connectivity index (χ4n) is 2.23. The van der Waals surface area contributed by atoms with E-state index >= 15 is 0 Å². The van der Waals surface area contributed by atoms with Crippen LogP contribution < -0.4 is 4.90 Å². The number of hydrogen-bond acceptors (Lipinski definition) is 5. The molecule has 0 saturated carbocycles. The van der Waals surface area contributed by atoms with Gasteiger partial charge < -0.3 is 9.32 Å². The van der Waals surface area contributed by atoms with Crippen LogP contribution in [0.3, 0.4) is 0 Å². The van der Waals surface area contributed by atoms with E-state index in [0.717, 1.165) is 0 Å². The summed E-state index contributed by atoms with van der Waals surface area (Å²) in [4.78, 5) is 5.85. The maximum absolute atomic E-state index is 13.0. The van der Waals surface area contributed by atoms with E-state index in [9.17, 15) is 8.42 Å². The van der Waals surface area contributed by atoms with Gasteiger partial charge in [-0.05, 0) is 36.4 Å². The maximum Gasteiger partial charge on any atom is 0.235 e. The second-order valence-corrected chi connectivity index (χ2v) is 8.17. The second kappa shape index (κ2) is 6.71. The largest absolute Gasteiger partial charge is 0.419 e. The smallest absolute Gasteiger partial charge is 0.235 e. The molecule has 0 spiro atoms. The molecule has 0 bridgehead atoms. The van der Waals surface area contributed by atoms with Gasteiger partial charge in [0.2, 0.25) is 26.6 Å². The van der Waals surface area contributed by atoms with Gasteiger partial charge in [-0.25, -0.2) is 8.42 Å². The van der Waals surface area contributed by atoms with Crippen molar-refractivity contribution >= 4 is 38.9 Å². The molecular formula is C17H14Cl2N2O3S. The van der Waals surface area contributed by atoms with Gasteiger partial charge in [-0.2, -0.15) is 4.98 Å². The summed E-state index contributed by atoms with van der Waals surface area (Å²) in [5.41, 5.74) is 0.518. The molecule has 0 saturated heterocycles.